The zero-order chi connectivity index (χ0) is 18.2. The Balaban J connectivity index is 2.15. The molecular weight excluding hydrogens is 318 g/mol. The van der Waals surface area contributed by atoms with Gasteiger partial charge in [-0.15, -0.1) is 0 Å². The third-order valence-corrected chi connectivity index (χ3v) is 3.35. The van der Waals surface area contributed by atoms with Crippen molar-refractivity contribution in [2.24, 2.45) is 0 Å². The molecule has 2 aromatic carbocycles. The molecule has 0 saturated carbocycles. The van der Waals surface area contributed by atoms with Gasteiger partial charge in [-0.25, -0.2) is 4.79 Å². The maximum atomic E-state index is 12.4. The summed E-state index contributed by atoms with van der Waals surface area (Å²) >= 11 is 0. The first-order chi connectivity index (χ1) is 12.0. The van der Waals surface area contributed by atoms with E-state index in [0.717, 1.165) is 5.56 Å². The zero-order valence-corrected chi connectivity index (χ0v) is 14.1. The molecule has 0 aliphatic carbocycles. The summed E-state index contributed by atoms with van der Waals surface area (Å²) in [6, 6.07) is 17.6. The Labute approximate surface area is 146 Å². The van der Waals surface area contributed by atoms with Crippen molar-refractivity contribution in [2.75, 3.05) is 0 Å². The van der Waals surface area contributed by atoms with Gasteiger partial charge in [0.1, 0.15) is 5.70 Å². The van der Waals surface area contributed by atoms with Gasteiger partial charge in [0.25, 0.3) is 0 Å². The van der Waals surface area contributed by atoms with Crippen molar-refractivity contribution in [3.63, 3.8) is 0 Å². The molecule has 0 heterocycles. The van der Waals surface area contributed by atoms with Gasteiger partial charge in [-0.2, -0.15) is 0 Å². The molecule has 0 radical (unpaired) electrons. The zero-order valence-electron chi connectivity index (χ0n) is 14.1. The highest BCUT2D eigenvalue weighted by atomic mass is 16.5. The Kier molecular flexibility index (Phi) is 6.23. The molecule has 0 fully saturated rings. The number of carbonyl (C=O) groups is 3. The number of ketones is 1. The van der Waals surface area contributed by atoms with Crippen LogP contribution in [0.3, 0.4) is 0 Å². The second kappa shape index (κ2) is 8.59. The van der Waals surface area contributed by atoms with Gasteiger partial charge < -0.3 is 10.1 Å². The summed E-state index contributed by atoms with van der Waals surface area (Å²) in [6.45, 7) is 2.80. The average molecular weight is 337 g/mol. The minimum Gasteiger partial charge on any atom is -0.450 e. The van der Waals surface area contributed by atoms with Crippen LogP contribution in [0.1, 0.15) is 29.8 Å². The number of esters is 1. The lowest BCUT2D eigenvalue weighted by Gasteiger charge is -2.14. The molecular formula is C20H19NO4. The van der Waals surface area contributed by atoms with Crippen LogP contribution >= 0.6 is 0 Å². The van der Waals surface area contributed by atoms with Gasteiger partial charge in [0.15, 0.2) is 6.10 Å². The molecule has 5 heteroatoms. The molecule has 25 heavy (non-hydrogen) atoms. The smallest absolute Gasteiger partial charge is 0.355 e. The first kappa shape index (κ1) is 18.1. The first-order valence-corrected chi connectivity index (χ1v) is 7.82. The third kappa shape index (κ3) is 5.42. The quantitative estimate of drug-likeness (QED) is 0.500. The highest BCUT2D eigenvalue weighted by Gasteiger charge is 2.22. The number of amides is 1. The summed E-state index contributed by atoms with van der Waals surface area (Å²) in [5.74, 6) is -1.48. The molecule has 2 rings (SSSR count). The average Bonchev–Trinajstić information content (AvgIpc) is 2.61. The Hall–Kier alpha value is -3.21. The van der Waals surface area contributed by atoms with Gasteiger partial charge in [0, 0.05) is 12.5 Å². The lowest BCUT2D eigenvalue weighted by atomic mass is 10.1. The fourth-order valence-corrected chi connectivity index (χ4v) is 2.17. The highest BCUT2D eigenvalue weighted by Crippen LogP contribution is 2.10. The third-order valence-electron chi connectivity index (χ3n) is 3.35. The fraction of sp³-hybridized carbons (Fsp3) is 0.150. The number of rotatable bonds is 6. The lowest BCUT2D eigenvalue weighted by molar-refractivity contribution is -0.142. The van der Waals surface area contributed by atoms with Crippen LogP contribution in [-0.4, -0.2) is 23.8 Å². The van der Waals surface area contributed by atoms with Crippen LogP contribution in [0, 0.1) is 0 Å². The SMILES string of the molecule is CC(=O)N/C(=C/c1ccccc1)C(=O)O[C@@H](C)C(=O)c1ccccc1. The Morgan fingerprint density at radius 2 is 1.52 bits per heavy atom. The minimum absolute atomic E-state index is 0.0218. The predicted octanol–water partition coefficient (Wildman–Crippen LogP) is 2.98. The van der Waals surface area contributed by atoms with E-state index in [0.29, 0.717) is 5.56 Å². The van der Waals surface area contributed by atoms with E-state index in [9.17, 15) is 14.4 Å². The lowest BCUT2D eigenvalue weighted by Crippen LogP contribution is -2.31. The van der Waals surface area contributed by atoms with E-state index in [2.05, 4.69) is 5.32 Å². The highest BCUT2D eigenvalue weighted by molar-refractivity contribution is 6.03. The van der Waals surface area contributed by atoms with E-state index >= 15 is 0 Å². The van der Waals surface area contributed by atoms with Crippen molar-refractivity contribution in [3.05, 3.63) is 77.5 Å². The molecule has 0 aromatic heterocycles. The summed E-state index contributed by atoms with van der Waals surface area (Å²) in [7, 11) is 0. The summed E-state index contributed by atoms with van der Waals surface area (Å²) in [5.41, 5.74) is 1.16. The van der Waals surface area contributed by atoms with Crippen LogP contribution in [-0.2, 0) is 14.3 Å². The van der Waals surface area contributed by atoms with Crippen molar-refractivity contribution >= 4 is 23.7 Å². The fourth-order valence-electron chi connectivity index (χ4n) is 2.17. The number of Topliss-reactive ketones (excluding diaryl/α,β-unsaturated/α-hetero) is 1. The van der Waals surface area contributed by atoms with Crippen molar-refractivity contribution in [1.29, 1.82) is 0 Å². The Bertz CT molecular complexity index is 782. The number of carbonyl (C=O) groups excluding carboxylic acids is 3. The van der Waals surface area contributed by atoms with Gasteiger partial charge >= 0.3 is 5.97 Å². The molecule has 5 nitrogen and oxygen atoms in total. The van der Waals surface area contributed by atoms with Crippen LogP contribution in [0.15, 0.2) is 66.4 Å². The summed E-state index contributed by atoms with van der Waals surface area (Å²) in [5, 5.41) is 2.45. The normalized spacial score (nSPS) is 12.2. The van der Waals surface area contributed by atoms with Crippen molar-refractivity contribution in [2.45, 2.75) is 20.0 Å². The minimum atomic E-state index is -0.970. The van der Waals surface area contributed by atoms with E-state index in [4.69, 9.17) is 4.74 Å². The topological polar surface area (TPSA) is 72.5 Å². The molecule has 1 N–H and O–H groups in total. The van der Waals surface area contributed by atoms with E-state index in [1.54, 1.807) is 42.5 Å². The van der Waals surface area contributed by atoms with Gasteiger partial charge in [0.2, 0.25) is 11.7 Å². The maximum absolute atomic E-state index is 12.4. The summed E-state index contributed by atoms with van der Waals surface area (Å²) in [4.78, 5) is 36.0. The van der Waals surface area contributed by atoms with E-state index < -0.39 is 18.0 Å². The molecule has 0 saturated heterocycles. The molecule has 0 unspecified atom stereocenters. The van der Waals surface area contributed by atoms with Crippen LogP contribution in [0.4, 0.5) is 0 Å². The monoisotopic (exact) mass is 337 g/mol. The molecule has 0 bridgehead atoms. The number of ether oxygens (including phenoxy) is 1. The van der Waals surface area contributed by atoms with Crippen molar-refractivity contribution in [3.8, 4) is 0 Å². The predicted molar refractivity (Wildman–Crippen MR) is 94.6 cm³/mol. The molecule has 0 aliphatic rings. The van der Waals surface area contributed by atoms with Crippen LogP contribution in [0.25, 0.3) is 6.08 Å². The van der Waals surface area contributed by atoms with Crippen molar-refractivity contribution < 1.29 is 19.1 Å². The number of nitrogens with one attached hydrogen (secondary N) is 1. The molecule has 0 spiro atoms. The Morgan fingerprint density at radius 3 is 2.08 bits per heavy atom. The van der Waals surface area contributed by atoms with Crippen LogP contribution < -0.4 is 5.32 Å². The van der Waals surface area contributed by atoms with Crippen molar-refractivity contribution in [1.82, 2.24) is 5.32 Å². The van der Waals surface area contributed by atoms with E-state index in [-0.39, 0.29) is 11.5 Å². The van der Waals surface area contributed by atoms with E-state index in [1.165, 1.54) is 19.9 Å². The molecule has 1 atom stereocenters. The standard InChI is InChI=1S/C20H19NO4/c1-14(19(23)17-11-7-4-8-12-17)25-20(24)18(21-15(2)22)13-16-9-5-3-6-10-16/h3-14H,1-2H3,(H,21,22)/b18-13+/t14-/m0/s1. The summed E-state index contributed by atoms with van der Waals surface area (Å²) < 4.78 is 5.23. The van der Waals surface area contributed by atoms with Gasteiger partial charge in [0.05, 0.1) is 0 Å². The molecule has 2 aromatic rings. The maximum Gasteiger partial charge on any atom is 0.355 e. The van der Waals surface area contributed by atoms with Crippen LogP contribution in [0.5, 0.6) is 0 Å². The van der Waals surface area contributed by atoms with Gasteiger partial charge in [-0.3, -0.25) is 9.59 Å². The second-order valence-electron chi connectivity index (χ2n) is 5.43. The largest absolute Gasteiger partial charge is 0.450 e. The van der Waals surface area contributed by atoms with Crippen LogP contribution in [0.2, 0.25) is 0 Å². The second-order valence-corrected chi connectivity index (χ2v) is 5.43. The molecule has 0 aliphatic heterocycles. The van der Waals surface area contributed by atoms with E-state index in [1.807, 2.05) is 18.2 Å². The summed E-state index contributed by atoms with van der Waals surface area (Å²) in [6.07, 6.45) is 0.534. The van der Waals surface area contributed by atoms with Gasteiger partial charge in [-0.05, 0) is 18.6 Å². The first-order valence-electron chi connectivity index (χ1n) is 7.82. The van der Waals surface area contributed by atoms with Gasteiger partial charge in [-0.1, -0.05) is 60.7 Å². The number of benzene rings is 2. The molecule has 1 amide bonds. The number of hydrogen-bond acceptors (Lipinski definition) is 4. The molecule has 128 valence electrons. The Morgan fingerprint density at radius 1 is 0.960 bits per heavy atom. The number of hydrogen-bond donors (Lipinski definition) is 1.